The number of aromatic nitrogens is 2. The number of nitrogens with zero attached hydrogens (tertiary/aromatic N) is 4. The normalized spacial score (nSPS) is 11.4. The van der Waals surface area contributed by atoms with Crippen molar-refractivity contribution in [3.8, 4) is 10.7 Å². The number of carbonyl (C=O) groups excluding carboxylic acids is 1. The number of benzene rings is 1. The highest BCUT2D eigenvalue weighted by Crippen LogP contribution is 2.22. The lowest BCUT2D eigenvalue weighted by atomic mass is 10.1. The van der Waals surface area contributed by atoms with E-state index in [1.54, 1.807) is 36.1 Å². The molecule has 0 saturated heterocycles. The molecule has 0 fully saturated rings. The van der Waals surface area contributed by atoms with E-state index in [-0.39, 0.29) is 12.5 Å². The third-order valence-corrected chi connectivity index (χ3v) is 6.43. The van der Waals surface area contributed by atoms with Gasteiger partial charge in [-0.25, -0.2) is 8.42 Å². The molecule has 1 aromatic carbocycles. The minimum absolute atomic E-state index is 0.194. The van der Waals surface area contributed by atoms with Crippen molar-refractivity contribution < 1.29 is 17.7 Å². The van der Waals surface area contributed by atoms with Crippen LogP contribution in [0.1, 0.15) is 30.1 Å². The number of amides is 1. The molecule has 0 aliphatic heterocycles. The molecule has 0 unspecified atom stereocenters. The van der Waals surface area contributed by atoms with Crippen LogP contribution in [0.15, 0.2) is 46.3 Å². The SMILES string of the molecule is CCN(Cc1nc(-c2cccs2)no1)C(=O)c1ccc(N(CC)S(C)(=O)=O)cc1. The van der Waals surface area contributed by atoms with Crippen LogP contribution in [0.3, 0.4) is 0 Å². The second-order valence-electron chi connectivity index (χ2n) is 6.28. The summed E-state index contributed by atoms with van der Waals surface area (Å²) in [6.07, 6.45) is 1.16. The average Bonchev–Trinajstić information content (AvgIpc) is 3.37. The van der Waals surface area contributed by atoms with Crippen LogP contribution in [0, 0.1) is 0 Å². The van der Waals surface area contributed by atoms with Gasteiger partial charge in [0.05, 0.1) is 16.8 Å². The molecule has 0 atom stereocenters. The van der Waals surface area contributed by atoms with E-state index in [1.807, 2.05) is 24.4 Å². The summed E-state index contributed by atoms with van der Waals surface area (Å²) in [4.78, 5) is 19.7. The Bertz CT molecular complexity index is 1060. The molecular formula is C19H22N4O4S2. The van der Waals surface area contributed by atoms with E-state index in [0.717, 1.165) is 11.1 Å². The van der Waals surface area contributed by atoms with Gasteiger partial charge < -0.3 is 9.42 Å². The van der Waals surface area contributed by atoms with Crippen LogP contribution in [-0.4, -0.2) is 48.7 Å². The third-order valence-electron chi connectivity index (χ3n) is 4.29. The summed E-state index contributed by atoms with van der Waals surface area (Å²) >= 11 is 1.51. The molecule has 0 aliphatic carbocycles. The van der Waals surface area contributed by atoms with Gasteiger partial charge in [0.25, 0.3) is 5.91 Å². The predicted molar refractivity (Wildman–Crippen MR) is 112 cm³/mol. The number of sulfonamides is 1. The van der Waals surface area contributed by atoms with Crippen molar-refractivity contribution in [3.05, 3.63) is 53.2 Å². The molecule has 29 heavy (non-hydrogen) atoms. The first-order valence-electron chi connectivity index (χ1n) is 9.07. The number of rotatable bonds is 8. The molecular weight excluding hydrogens is 412 g/mol. The van der Waals surface area contributed by atoms with Crippen LogP contribution < -0.4 is 4.31 Å². The van der Waals surface area contributed by atoms with Gasteiger partial charge in [-0.05, 0) is 49.6 Å². The number of hydrogen-bond acceptors (Lipinski definition) is 7. The highest BCUT2D eigenvalue weighted by atomic mass is 32.2. The molecule has 3 aromatic rings. The summed E-state index contributed by atoms with van der Waals surface area (Å²) in [7, 11) is -3.37. The van der Waals surface area contributed by atoms with E-state index in [1.165, 1.54) is 15.6 Å². The Morgan fingerprint density at radius 1 is 1.14 bits per heavy atom. The van der Waals surface area contributed by atoms with Crippen molar-refractivity contribution in [2.75, 3.05) is 23.7 Å². The maximum atomic E-state index is 12.9. The Hall–Kier alpha value is -2.72. The van der Waals surface area contributed by atoms with E-state index < -0.39 is 10.0 Å². The van der Waals surface area contributed by atoms with Crippen molar-refractivity contribution in [1.82, 2.24) is 15.0 Å². The molecule has 0 aliphatic rings. The van der Waals surface area contributed by atoms with E-state index >= 15 is 0 Å². The topological polar surface area (TPSA) is 96.6 Å². The van der Waals surface area contributed by atoms with E-state index in [4.69, 9.17) is 4.52 Å². The Kier molecular flexibility index (Phi) is 6.33. The standard InChI is InChI=1S/C19H22N4O4S2/c1-4-22(13-17-20-18(21-27-17)16-7-6-12-28-16)19(24)14-8-10-15(11-9-14)23(5-2)29(3,25)26/h6-12H,4-5,13H2,1-3H3. The Balaban J connectivity index is 1.74. The van der Waals surface area contributed by atoms with E-state index in [0.29, 0.717) is 36.1 Å². The molecule has 0 N–H and O–H groups in total. The molecule has 8 nitrogen and oxygen atoms in total. The highest BCUT2D eigenvalue weighted by molar-refractivity contribution is 7.92. The number of anilines is 1. The van der Waals surface area contributed by atoms with Crippen molar-refractivity contribution in [3.63, 3.8) is 0 Å². The van der Waals surface area contributed by atoms with Gasteiger partial charge in [-0.1, -0.05) is 11.2 Å². The summed E-state index contributed by atoms with van der Waals surface area (Å²) < 4.78 is 30.3. The average molecular weight is 435 g/mol. The second-order valence-corrected chi connectivity index (χ2v) is 9.14. The lowest BCUT2D eigenvalue weighted by Crippen LogP contribution is -2.31. The fourth-order valence-corrected chi connectivity index (χ4v) is 4.50. The second kappa shape index (κ2) is 8.75. The zero-order valence-corrected chi connectivity index (χ0v) is 18.0. The summed E-state index contributed by atoms with van der Waals surface area (Å²) in [6.45, 7) is 4.59. The van der Waals surface area contributed by atoms with E-state index in [9.17, 15) is 13.2 Å². The van der Waals surface area contributed by atoms with Gasteiger partial charge in [0, 0.05) is 18.7 Å². The maximum absolute atomic E-state index is 12.9. The van der Waals surface area contributed by atoms with Gasteiger partial charge in [-0.15, -0.1) is 11.3 Å². The van der Waals surface area contributed by atoms with E-state index in [2.05, 4.69) is 10.1 Å². The van der Waals surface area contributed by atoms with Crippen molar-refractivity contribution in [2.24, 2.45) is 0 Å². The Morgan fingerprint density at radius 2 is 1.86 bits per heavy atom. The Morgan fingerprint density at radius 3 is 2.41 bits per heavy atom. The van der Waals surface area contributed by atoms with Gasteiger partial charge in [0.15, 0.2) is 0 Å². The summed E-state index contributed by atoms with van der Waals surface area (Å²) in [6, 6.07) is 10.3. The Labute approximate surface area is 173 Å². The first-order chi connectivity index (χ1) is 13.8. The zero-order chi connectivity index (χ0) is 21.0. The minimum Gasteiger partial charge on any atom is -0.337 e. The highest BCUT2D eigenvalue weighted by Gasteiger charge is 2.20. The quantitative estimate of drug-likeness (QED) is 0.540. The lowest BCUT2D eigenvalue weighted by Gasteiger charge is -2.22. The van der Waals surface area contributed by atoms with Gasteiger partial charge >= 0.3 is 0 Å². The van der Waals surface area contributed by atoms with Crippen LogP contribution >= 0.6 is 11.3 Å². The van der Waals surface area contributed by atoms with Gasteiger partial charge in [-0.3, -0.25) is 9.10 Å². The van der Waals surface area contributed by atoms with Crippen LogP contribution in [0.4, 0.5) is 5.69 Å². The molecule has 0 radical (unpaired) electrons. The summed E-state index contributed by atoms with van der Waals surface area (Å²) in [5.74, 6) is 0.662. The van der Waals surface area contributed by atoms with Crippen LogP contribution in [0.2, 0.25) is 0 Å². The predicted octanol–water partition coefficient (Wildman–Crippen LogP) is 3.25. The van der Waals surface area contributed by atoms with Crippen LogP contribution in [0.25, 0.3) is 10.7 Å². The molecule has 1 amide bonds. The molecule has 0 bridgehead atoms. The molecule has 0 spiro atoms. The lowest BCUT2D eigenvalue weighted by molar-refractivity contribution is 0.0734. The fraction of sp³-hybridized carbons (Fsp3) is 0.316. The van der Waals surface area contributed by atoms with Crippen LogP contribution in [0.5, 0.6) is 0 Å². The maximum Gasteiger partial charge on any atom is 0.254 e. The third kappa shape index (κ3) is 4.83. The number of carbonyl (C=O) groups is 1. The molecule has 3 rings (SSSR count). The van der Waals surface area contributed by atoms with Crippen LogP contribution in [-0.2, 0) is 16.6 Å². The smallest absolute Gasteiger partial charge is 0.254 e. The largest absolute Gasteiger partial charge is 0.337 e. The van der Waals surface area contributed by atoms with Gasteiger partial charge in [-0.2, -0.15) is 4.98 Å². The van der Waals surface area contributed by atoms with Gasteiger partial charge in [0.2, 0.25) is 21.7 Å². The first kappa shape index (κ1) is 21.0. The molecule has 2 aromatic heterocycles. The first-order valence-corrected chi connectivity index (χ1v) is 11.8. The van der Waals surface area contributed by atoms with Crippen molar-refractivity contribution in [2.45, 2.75) is 20.4 Å². The zero-order valence-electron chi connectivity index (χ0n) is 16.4. The van der Waals surface area contributed by atoms with Crippen molar-refractivity contribution in [1.29, 1.82) is 0 Å². The number of thiophene rings is 1. The van der Waals surface area contributed by atoms with Gasteiger partial charge in [0.1, 0.15) is 6.54 Å². The van der Waals surface area contributed by atoms with Crippen molar-refractivity contribution >= 4 is 33.0 Å². The summed E-state index contributed by atoms with van der Waals surface area (Å²) in [5.41, 5.74) is 0.977. The molecule has 2 heterocycles. The monoisotopic (exact) mass is 434 g/mol. The minimum atomic E-state index is -3.37. The fourth-order valence-electron chi connectivity index (χ4n) is 2.88. The molecule has 10 heteroatoms. The molecule has 0 saturated carbocycles. The molecule has 154 valence electrons. The number of hydrogen-bond donors (Lipinski definition) is 0. The summed E-state index contributed by atoms with van der Waals surface area (Å²) in [5, 5.41) is 5.90.